The first kappa shape index (κ1) is 26.1. The molecule has 3 heterocycles. The third-order valence-electron chi connectivity index (χ3n) is 5.83. The molecule has 0 radical (unpaired) electrons. The highest BCUT2D eigenvalue weighted by Gasteiger charge is 2.13. The minimum atomic E-state index is 0.0527. The van der Waals surface area contributed by atoms with Crippen molar-refractivity contribution in [3.05, 3.63) is 35.7 Å². The second-order valence-corrected chi connectivity index (χ2v) is 9.24. The molecule has 0 spiro atoms. The predicted octanol–water partition coefficient (Wildman–Crippen LogP) is 5.66. The lowest BCUT2D eigenvalue weighted by Crippen LogP contribution is -2.35. The Morgan fingerprint density at radius 3 is 1.69 bits per heavy atom. The van der Waals surface area contributed by atoms with Crippen molar-refractivity contribution in [1.82, 2.24) is 14.7 Å². The molecular formula is C25H46FN3. The van der Waals surface area contributed by atoms with Gasteiger partial charge in [0.05, 0.1) is 5.83 Å². The van der Waals surface area contributed by atoms with Gasteiger partial charge in [0.1, 0.15) is 0 Å². The molecule has 29 heavy (non-hydrogen) atoms. The zero-order valence-corrected chi connectivity index (χ0v) is 20.1. The van der Waals surface area contributed by atoms with Crippen molar-refractivity contribution in [2.75, 3.05) is 39.3 Å². The number of halogens is 1. The first-order valence-electron chi connectivity index (χ1n) is 11.6. The lowest BCUT2D eigenvalue weighted by atomic mass is 10.1. The van der Waals surface area contributed by atoms with Crippen molar-refractivity contribution in [2.45, 2.75) is 85.9 Å². The normalized spacial score (nSPS) is 21.3. The molecule has 0 N–H and O–H groups in total. The molecule has 3 aliphatic heterocycles. The van der Waals surface area contributed by atoms with E-state index in [4.69, 9.17) is 0 Å². The molecule has 0 unspecified atom stereocenters. The summed E-state index contributed by atoms with van der Waals surface area (Å²) < 4.78 is 12.5. The summed E-state index contributed by atoms with van der Waals surface area (Å²) in [4.78, 5) is 7.23. The molecule has 4 heteroatoms. The summed E-state index contributed by atoms with van der Waals surface area (Å²) >= 11 is 0. The van der Waals surface area contributed by atoms with Crippen LogP contribution < -0.4 is 0 Å². The molecule has 0 bridgehead atoms. The molecule has 0 aliphatic carbocycles. The summed E-state index contributed by atoms with van der Waals surface area (Å²) in [5.74, 6) is 0.0527. The van der Waals surface area contributed by atoms with E-state index >= 15 is 0 Å². The van der Waals surface area contributed by atoms with Crippen LogP contribution in [0.5, 0.6) is 0 Å². The van der Waals surface area contributed by atoms with E-state index in [1.807, 2.05) is 0 Å². The highest BCUT2D eigenvalue weighted by Crippen LogP contribution is 2.13. The van der Waals surface area contributed by atoms with Crippen molar-refractivity contribution in [1.29, 1.82) is 0 Å². The van der Waals surface area contributed by atoms with Crippen LogP contribution in [0.25, 0.3) is 0 Å². The van der Waals surface area contributed by atoms with Crippen molar-refractivity contribution in [2.24, 2.45) is 0 Å². The summed E-state index contributed by atoms with van der Waals surface area (Å²) in [6.45, 7) is 22.0. The number of hydrogen-bond acceptors (Lipinski definition) is 3. The van der Waals surface area contributed by atoms with Crippen LogP contribution in [-0.4, -0.2) is 72.1 Å². The van der Waals surface area contributed by atoms with Gasteiger partial charge in [-0.15, -0.1) is 0 Å². The fourth-order valence-corrected chi connectivity index (χ4v) is 3.64. The molecule has 0 atom stereocenters. The average Bonchev–Trinajstić information content (AvgIpc) is 2.70. The quantitative estimate of drug-likeness (QED) is 0.559. The molecule has 0 saturated carbocycles. The smallest absolute Gasteiger partial charge is 0.0985 e. The van der Waals surface area contributed by atoms with Crippen LogP contribution >= 0.6 is 0 Å². The van der Waals surface area contributed by atoms with Gasteiger partial charge in [0.2, 0.25) is 0 Å². The van der Waals surface area contributed by atoms with Crippen LogP contribution in [0.3, 0.4) is 0 Å². The van der Waals surface area contributed by atoms with Crippen LogP contribution in [0, 0.1) is 0 Å². The van der Waals surface area contributed by atoms with Crippen molar-refractivity contribution in [3.8, 4) is 0 Å². The Morgan fingerprint density at radius 1 is 0.724 bits per heavy atom. The van der Waals surface area contributed by atoms with Crippen molar-refractivity contribution < 1.29 is 4.39 Å². The van der Waals surface area contributed by atoms with E-state index < -0.39 is 0 Å². The summed E-state index contributed by atoms with van der Waals surface area (Å²) in [7, 11) is 0. The number of hydrogen-bond donors (Lipinski definition) is 0. The number of rotatable bonds is 3. The standard InChI is InChI=1S/C9H17N.C8H14FN.C8H15N/c1-8(2)10-6-4-5-9(3)7-10;1-7(2)10-5-3-8(9)4-6-10;1-8(2)9-6-4-3-5-7-9/h5,8H,4,6-7H2,1-3H3;3,7H,4-6H2,1-2H3;3-4,8H,5-7H2,1-2H3. The van der Waals surface area contributed by atoms with Crippen molar-refractivity contribution in [3.63, 3.8) is 0 Å². The van der Waals surface area contributed by atoms with Gasteiger partial charge < -0.3 is 0 Å². The van der Waals surface area contributed by atoms with Gasteiger partial charge in [0.15, 0.2) is 0 Å². The molecule has 0 fully saturated rings. The van der Waals surface area contributed by atoms with Crippen LogP contribution in [0.15, 0.2) is 35.7 Å². The van der Waals surface area contributed by atoms with Crippen LogP contribution in [0.4, 0.5) is 4.39 Å². The minimum absolute atomic E-state index is 0.0527. The van der Waals surface area contributed by atoms with Crippen LogP contribution in [0.1, 0.15) is 67.7 Å². The monoisotopic (exact) mass is 407 g/mol. The summed E-state index contributed by atoms with van der Waals surface area (Å²) in [6, 6.07) is 1.97. The van der Waals surface area contributed by atoms with E-state index in [-0.39, 0.29) is 5.83 Å². The average molecular weight is 408 g/mol. The highest BCUT2D eigenvalue weighted by atomic mass is 19.1. The highest BCUT2D eigenvalue weighted by molar-refractivity contribution is 5.04. The van der Waals surface area contributed by atoms with Crippen molar-refractivity contribution >= 4 is 0 Å². The third kappa shape index (κ3) is 11.1. The SMILES string of the molecule is CC(C)N1CC=C(F)CC1.CC(C)N1CC=CCC1.CC1=CCCN(C(C)C)C1. The van der Waals surface area contributed by atoms with E-state index in [0.717, 1.165) is 25.7 Å². The fraction of sp³-hybridized carbons (Fsp3) is 0.760. The second-order valence-electron chi connectivity index (χ2n) is 9.24. The van der Waals surface area contributed by atoms with Gasteiger partial charge in [0, 0.05) is 63.8 Å². The summed E-state index contributed by atoms with van der Waals surface area (Å²) in [5.41, 5.74) is 1.53. The summed E-state index contributed by atoms with van der Waals surface area (Å²) in [5, 5.41) is 0. The molecule has 168 valence electrons. The van der Waals surface area contributed by atoms with E-state index in [9.17, 15) is 4.39 Å². The Hall–Kier alpha value is -0.970. The molecule has 3 nitrogen and oxygen atoms in total. The third-order valence-corrected chi connectivity index (χ3v) is 5.83. The van der Waals surface area contributed by atoms with E-state index in [0.29, 0.717) is 18.5 Å². The molecule has 3 aliphatic rings. The summed E-state index contributed by atoms with van der Waals surface area (Å²) in [6.07, 6.45) is 11.6. The fourth-order valence-electron chi connectivity index (χ4n) is 3.64. The topological polar surface area (TPSA) is 9.72 Å². The Labute approximate surface area is 180 Å². The maximum atomic E-state index is 12.5. The Morgan fingerprint density at radius 2 is 1.31 bits per heavy atom. The van der Waals surface area contributed by atoms with Gasteiger partial charge in [0.25, 0.3) is 0 Å². The first-order chi connectivity index (χ1) is 13.7. The lowest BCUT2D eigenvalue weighted by Gasteiger charge is -2.29. The van der Waals surface area contributed by atoms with Gasteiger partial charge in [-0.25, -0.2) is 4.39 Å². The zero-order chi connectivity index (χ0) is 21.8. The van der Waals surface area contributed by atoms with E-state index in [1.54, 1.807) is 6.08 Å². The van der Waals surface area contributed by atoms with Crippen LogP contribution in [-0.2, 0) is 0 Å². The van der Waals surface area contributed by atoms with Gasteiger partial charge in [-0.2, -0.15) is 0 Å². The van der Waals surface area contributed by atoms with Gasteiger partial charge in [-0.05, 0) is 67.4 Å². The van der Waals surface area contributed by atoms with Gasteiger partial charge in [-0.3, -0.25) is 14.7 Å². The molecule has 3 rings (SSSR count). The maximum Gasteiger partial charge on any atom is 0.0985 e. The molecular weight excluding hydrogens is 361 g/mol. The van der Waals surface area contributed by atoms with Gasteiger partial charge in [-0.1, -0.05) is 23.8 Å². The second kappa shape index (κ2) is 14.1. The van der Waals surface area contributed by atoms with E-state index in [1.165, 1.54) is 38.0 Å². The Kier molecular flexibility index (Phi) is 12.7. The largest absolute Gasteiger partial charge is 0.297 e. The zero-order valence-electron chi connectivity index (χ0n) is 20.1. The van der Waals surface area contributed by atoms with Crippen LogP contribution in [0.2, 0.25) is 0 Å². The molecule has 0 amide bonds. The lowest BCUT2D eigenvalue weighted by molar-refractivity contribution is 0.229. The Bertz CT molecular complexity index is 534. The van der Waals surface area contributed by atoms with E-state index in [2.05, 4.69) is 81.4 Å². The van der Waals surface area contributed by atoms with Gasteiger partial charge >= 0.3 is 0 Å². The first-order valence-corrected chi connectivity index (χ1v) is 11.6. The Balaban J connectivity index is 0.000000218. The molecule has 0 aromatic heterocycles. The number of nitrogens with zero attached hydrogens (tertiary/aromatic N) is 3. The molecule has 0 aromatic carbocycles. The molecule has 0 aromatic rings. The minimum Gasteiger partial charge on any atom is -0.297 e. The molecule has 0 saturated heterocycles. The maximum absolute atomic E-state index is 12.5. The predicted molar refractivity (Wildman–Crippen MR) is 126 cm³/mol.